The molecule has 0 aliphatic carbocycles. The monoisotopic (exact) mass is 364 g/mol. The number of hydrogen-bond donors (Lipinski definition) is 2. The minimum Gasteiger partial charge on any atom is -0.497 e. The number of hydrogen-bond acceptors (Lipinski definition) is 7. The topological polar surface area (TPSA) is 104 Å². The van der Waals surface area contributed by atoms with Gasteiger partial charge in [-0.15, -0.1) is 0 Å². The maximum absolute atomic E-state index is 6.14. The second-order valence-corrected chi connectivity index (χ2v) is 6.11. The Labute approximate surface area is 156 Å². The van der Waals surface area contributed by atoms with E-state index in [0.29, 0.717) is 40.8 Å². The van der Waals surface area contributed by atoms with Crippen molar-refractivity contribution in [3.05, 3.63) is 48.2 Å². The lowest BCUT2D eigenvalue weighted by Crippen LogP contribution is -2.08. The first-order chi connectivity index (χ1) is 13.2. The van der Waals surface area contributed by atoms with Gasteiger partial charge in [-0.2, -0.15) is 10.1 Å². The third-order valence-electron chi connectivity index (χ3n) is 4.35. The minimum atomic E-state index is 0.487. The standard InChI is InChI=1S/C19H20N6O2/c1-25-17(20)15-16(14-4-3-11-27-14)22-19(23-18(15)24-25)21-10-9-12-5-7-13(26-2)8-6-12/h3-8,11H,9-10,20H2,1-2H3,(H,21,23,24). The largest absolute Gasteiger partial charge is 0.497 e. The molecule has 0 atom stereocenters. The van der Waals surface area contributed by atoms with Crippen LogP contribution in [0.3, 0.4) is 0 Å². The molecule has 27 heavy (non-hydrogen) atoms. The zero-order chi connectivity index (χ0) is 18.8. The average Bonchev–Trinajstić information content (AvgIpc) is 3.31. The Balaban J connectivity index is 1.58. The molecule has 4 aromatic rings. The number of nitrogens with zero attached hydrogens (tertiary/aromatic N) is 4. The Morgan fingerprint density at radius 2 is 2.00 bits per heavy atom. The lowest BCUT2D eigenvalue weighted by Gasteiger charge is -2.07. The summed E-state index contributed by atoms with van der Waals surface area (Å²) in [4.78, 5) is 9.10. The Morgan fingerprint density at radius 1 is 1.19 bits per heavy atom. The molecule has 8 nitrogen and oxygen atoms in total. The first kappa shape index (κ1) is 16.9. The van der Waals surface area contributed by atoms with Gasteiger partial charge in [0.2, 0.25) is 5.95 Å². The molecule has 3 N–H and O–H groups in total. The number of aromatic nitrogens is 4. The third-order valence-corrected chi connectivity index (χ3v) is 4.35. The van der Waals surface area contributed by atoms with Crippen LogP contribution in [0.15, 0.2) is 47.1 Å². The van der Waals surface area contributed by atoms with Crippen molar-refractivity contribution in [1.29, 1.82) is 0 Å². The number of nitrogens with two attached hydrogens (primary N) is 1. The molecule has 0 aliphatic heterocycles. The Bertz CT molecular complexity index is 1050. The normalized spacial score (nSPS) is 11.0. The number of fused-ring (bicyclic) bond motifs is 1. The van der Waals surface area contributed by atoms with Crippen molar-refractivity contribution in [1.82, 2.24) is 19.7 Å². The molecule has 0 aliphatic rings. The van der Waals surface area contributed by atoms with Crippen LogP contribution in [-0.2, 0) is 13.5 Å². The molecule has 138 valence electrons. The summed E-state index contributed by atoms with van der Waals surface area (Å²) >= 11 is 0. The Hall–Kier alpha value is -3.55. The summed E-state index contributed by atoms with van der Waals surface area (Å²) in [6.45, 7) is 0.678. The van der Waals surface area contributed by atoms with Gasteiger partial charge in [0.05, 0.1) is 18.8 Å². The second kappa shape index (κ2) is 6.99. The first-order valence-corrected chi connectivity index (χ1v) is 8.56. The van der Waals surface area contributed by atoms with Gasteiger partial charge in [-0.25, -0.2) is 4.98 Å². The predicted molar refractivity (Wildman–Crippen MR) is 104 cm³/mol. The van der Waals surface area contributed by atoms with Crippen molar-refractivity contribution in [2.24, 2.45) is 7.05 Å². The van der Waals surface area contributed by atoms with E-state index in [0.717, 1.165) is 12.2 Å². The van der Waals surface area contributed by atoms with Gasteiger partial charge in [0, 0.05) is 13.6 Å². The van der Waals surface area contributed by atoms with Crippen molar-refractivity contribution in [3.8, 4) is 17.2 Å². The van der Waals surface area contributed by atoms with Crippen LogP contribution in [0.25, 0.3) is 22.5 Å². The summed E-state index contributed by atoms with van der Waals surface area (Å²) in [7, 11) is 3.44. The zero-order valence-corrected chi connectivity index (χ0v) is 15.1. The molecule has 3 aromatic heterocycles. The fraction of sp³-hybridized carbons (Fsp3) is 0.211. The molecule has 0 saturated carbocycles. The summed E-state index contributed by atoms with van der Waals surface area (Å²) in [5.41, 5.74) is 8.49. The molecular formula is C19H20N6O2. The van der Waals surface area contributed by atoms with Crippen LogP contribution < -0.4 is 15.8 Å². The van der Waals surface area contributed by atoms with Gasteiger partial charge in [0.15, 0.2) is 11.4 Å². The highest BCUT2D eigenvalue weighted by atomic mass is 16.5. The van der Waals surface area contributed by atoms with E-state index >= 15 is 0 Å². The number of methoxy groups -OCH3 is 1. The average molecular weight is 364 g/mol. The number of rotatable bonds is 6. The number of benzene rings is 1. The number of nitrogens with one attached hydrogen (secondary N) is 1. The number of anilines is 2. The van der Waals surface area contributed by atoms with Crippen molar-refractivity contribution in [2.45, 2.75) is 6.42 Å². The third kappa shape index (κ3) is 3.29. The molecule has 3 heterocycles. The van der Waals surface area contributed by atoms with Crippen molar-refractivity contribution < 1.29 is 9.15 Å². The summed E-state index contributed by atoms with van der Waals surface area (Å²) < 4.78 is 12.3. The van der Waals surface area contributed by atoms with E-state index in [1.54, 1.807) is 25.1 Å². The van der Waals surface area contributed by atoms with Crippen molar-refractivity contribution in [3.63, 3.8) is 0 Å². The van der Waals surface area contributed by atoms with Gasteiger partial charge < -0.3 is 20.2 Å². The fourth-order valence-corrected chi connectivity index (χ4v) is 2.90. The fourth-order valence-electron chi connectivity index (χ4n) is 2.90. The van der Waals surface area contributed by atoms with E-state index in [1.165, 1.54) is 5.56 Å². The van der Waals surface area contributed by atoms with Crippen LogP contribution in [0.2, 0.25) is 0 Å². The number of aryl methyl sites for hydroxylation is 1. The zero-order valence-electron chi connectivity index (χ0n) is 15.1. The van der Waals surface area contributed by atoms with Crippen LogP contribution in [0, 0.1) is 0 Å². The van der Waals surface area contributed by atoms with Crippen LogP contribution in [0.1, 0.15) is 5.56 Å². The van der Waals surface area contributed by atoms with Gasteiger partial charge in [-0.05, 0) is 36.2 Å². The van der Waals surface area contributed by atoms with Crippen LogP contribution in [-0.4, -0.2) is 33.4 Å². The summed E-state index contributed by atoms with van der Waals surface area (Å²) in [6.07, 6.45) is 2.43. The van der Waals surface area contributed by atoms with Gasteiger partial charge in [-0.3, -0.25) is 4.68 Å². The molecule has 0 radical (unpaired) electrons. The highest BCUT2D eigenvalue weighted by Gasteiger charge is 2.18. The van der Waals surface area contributed by atoms with Gasteiger partial charge in [0.25, 0.3) is 0 Å². The van der Waals surface area contributed by atoms with Crippen molar-refractivity contribution in [2.75, 3.05) is 24.7 Å². The van der Waals surface area contributed by atoms with Crippen LogP contribution in [0.4, 0.5) is 11.8 Å². The van der Waals surface area contributed by atoms with E-state index in [-0.39, 0.29) is 0 Å². The molecule has 0 unspecified atom stereocenters. The highest BCUT2D eigenvalue weighted by molar-refractivity contribution is 5.97. The lowest BCUT2D eigenvalue weighted by atomic mass is 10.1. The molecule has 0 fully saturated rings. The molecule has 4 rings (SSSR count). The van der Waals surface area contributed by atoms with E-state index in [4.69, 9.17) is 14.9 Å². The molecule has 0 bridgehead atoms. The molecule has 0 spiro atoms. The van der Waals surface area contributed by atoms with E-state index in [1.807, 2.05) is 36.4 Å². The summed E-state index contributed by atoms with van der Waals surface area (Å²) in [5.74, 6) is 2.46. The quantitative estimate of drug-likeness (QED) is 0.542. The molecule has 1 aromatic carbocycles. The molecule has 0 saturated heterocycles. The maximum Gasteiger partial charge on any atom is 0.225 e. The second-order valence-electron chi connectivity index (χ2n) is 6.11. The summed E-state index contributed by atoms with van der Waals surface area (Å²) in [5, 5.41) is 8.32. The number of furan rings is 1. The highest BCUT2D eigenvalue weighted by Crippen LogP contribution is 2.31. The maximum atomic E-state index is 6.14. The van der Waals surface area contributed by atoms with E-state index < -0.39 is 0 Å². The molecular weight excluding hydrogens is 344 g/mol. The lowest BCUT2D eigenvalue weighted by molar-refractivity contribution is 0.414. The Morgan fingerprint density at radius 3 is 2.70 bits per heavy atom. The van der Waals surface area contributed by atoms with Crippen LogP contribution in [0.5, 0.6) is 5.75 Å². The van der Waals surface area contributed by atoms with Gasteiger partial charge in [-0.1, -0.05) is 12.1 Å². The predicted octanol–water partition coefficient (Wildman–Crippen LogP) is 2.87. The Kier molecular flexibility index (Phi) is 4.37. The van der Waals surface area contributed by atoms with Crippen molar-refractivity contribution >= 4 is 22.8 Å². The van der Waals surface area contributed by atoms with E-state index in [2.05, 4.69) is 20.4 Å². The number of ether oxygens (including phenoxy) is 1. The molecule has 8 heteroatoms. The van der Waals surface area contributed by atoms with Gasteiger partial charge in [0.1, 0.15) is 17.3 Å². The molecule has 0 amide bonds. The minimum absolute atomic E-state index is 0.487. The smallest absolute Gasteiger partial charge is 0.225 e. The van der Waals surface area contributed by atoms with E-state index in [9.17, 15) is 0 Å². The SMILES string of the molecule is COc1ccc(CCNc2nc(-c3ccco3)c3c(N)n(C)nc3n2)cc1. The first-order valence-electron chi connectivity index (χ1n) is 8.56. The van der Waals surface area contributed by atoms with Gasteiger partial charge >= 0.3 is 0 Å². The van der Waals surface area contributed by atoms with Crippen LogP contribution >= 0.6 is 0 Å². The summed E-state index contributed by atoms with van der Waals surface area (Å²) in [6, 6.07) is 11.6. The number of nitrogen functional groups attached to an aromatic ring is 1.